The van der Waals surface area contributed by atoms with Crippen molar-refractivity contribution in [2.75, 3.05) is 0 Å². The first-order valence-electron chi connectivity index (χ1n) is 4.21. The molecule has 0 saturated carbocycles. The van der Waals surface area contributed by atoms with Crippen molar-refractivity contribution in [2.45, 2.75) is 6.18 Å². The first kappa shape index (κ1) is 10.5. The van der Waals surface area contributed by atoms with E-state index in [4.69, 9.17) is 0 Å². The topological polar surface area (TPSA) is 4.93 Å². The molecule has 15 heavy (non-hydrogen) atoms. The quantitative estimate of drug-likeness (QED) is 0.687. The predicted molar refractivity (Wildman–Crippen MR) is 55.6 cm³/mol. The Morgan fingerprint density at radius 3 is 2.53 bits per heavy atom. The van der Waals surface area contributed by atoms with Gasteiger partial charge in [-0.2, -0.15) is 13.2 Å². The summed E-state index contributed by atoms with van der Waals surface area (Å²) >= 11 is 2.93. The Balaban J connectivity index is 2.76. The van der Waals surface area contributed by atoms with Crippen molar-refractivity contribution in [2.24, 2.45) is 7.05 Å². The van der Waals surface area contributed by atoms with E-state index in [1.54, 1.807) is 23.9 Å². The standard InChI is InChI=1S/C10H7BrF3N/c1-15-3-2-6-4-8(11)7(5-9(6)15)10(12,13)14/h2-5H,1H3. The molecule has 0 unspecified atom stereocenters. The minimum Gasteiger partial charge on any atom is -0.351 e. The molecule has 0 aliphatic rings. The molecule has 0 amide bonds. The highest BCUT2D eigenvalue weighted by Gasteiger charge is 2.33. The first-order valence-corrected chi connectivity index (χ1v) is 5.00. The van der Waals surface area contributed by atoms with Gasteiger partial charge in [0.05, 0.1) is 5.56 Å². The van der Waals surface area contributed by atoms with Crippen LogP contribution in [0, 0.1) is 0 Å². The van der Waals surface area contributed by atoms with E-state index in [2.05, 4.69) is 15.9 Å². The number of aryl methyl sites for hydroxylation is 1. The number of benzene rings is 1. The van der Waals surface area contributed by atoms with Gasteiger partial charge in [-0.3, -0.25) is 0 Å². The molecule has 0 radical (unpaired) electrons. The second kappa shape index (κ2) is 3.27. The lowest BCUT2D eigenvalue weighted by Crippen LogP contribution is -2.06. The number of aromatic nitrogens is 1. The first-order chi connectivity index (χ1) is 6.89. The highest BCUT2D eigenvalue weighted by Crippen LogP contribution is 2.37. The van der Waals surface area contributed by atoms with E-state index in [-0.39, 0.29) is 4.47 Å². The fraction of sp³-hybridized carbons (Fsp3) is 0.200. The monoisotopic (exact) mass is 277 g/mol. The normalized spacial score (nSPS) is 12.3. The zero-order valence-electron chi connectivity index (χ0n) is 7.77. The SMILES string of the molecule is Cn1ccc2cc(Br)c(C(F)(F)F)cc21. The summed E-state index contributed by atoms with van der Waals surface area (Å²) in [5, 5.41) is 0.789. The Morgan fingerprint density at radius 2 is 1.93 bits per heavy atom. The number of nitrogens with zero attached hydrogens (tertiary/aromatic N) is 1. The van der Waals surface area contributed by atoms with Gasteiger partial charge in [-0.05, 0) is 18.2 Å². The van der Waals surface area contributed by atoms with Crippen molar-refractivity contribution in [1.29, 1.82) is 0 Å². The molecule has 2 rings (SSSR count). The zero-order valence-corrected chi connectivity index (χ0v) is 9.35. The van der Waals surface area contributed by atoms with Crippen LogP contribution in [-0.4, -0.2) is 4.57 Å². The molecule has 1 nitrogen and oxygen atoms in total. The van der Waals surface area contributed by atoms with E-state index in [0.29, 0.717) is 5.52 Å². The van der Waals surface area contributed by atoms with Gasteiger partial charge in [-0.25, -0.2) is 0 Å². The van der Waals surface area contributed by atoms with Gasteiger partial charge in [-0.1, -0.05) is 15.9 Å². The number of fused-ring (bicyclic) bond motifs is 1. The number of alkyl halides is 3. The molecule has 1 heterocycles. The van der Waals surface area contributed by atoms with Gasteiger partial charge in [-0.15, -0.1) is 0 Å². The molecule has 5 heteroatoms. The molecule has 0 bridgehead atoms. The van der Waals surface area contributed by atoms with E-state index >= 15 is 0 Å². The van der Waals surface area contributed by atoms with Crippen LogP contribution in [0.5, 0.6) is 0 Å². The smallest absolute Gasteiger partial charge is 0.351 e. The predicted octanol–water partition coefficient (Wildman–Crippen LogP) is 3.96. The number of hydrogen-bond acceptors (Lipinski definition) is 0. The third-order valence-electron chi connectivity index (χ3n) is 2.28. The summed E-state index contributed by atoms with van der Waals surface area (Å²) in [6.45, 7) is 0. The number of halogens is 4. The van der Waals surface area contributed by atoms with Gasteiger partial charge in [0.1, 0.15) is 0 Å². The van der Waals surface area contributed by atoms with Gasteiger partial charge >= 0.3 is 6.18 Å². The maximum absolute atomic E-state index is 12.6. The van der Waals surface area contributed by atoms with E-state index in [9.17, 15) is 13.2 Å². The summed E-state index contributed by atoms with van der Waals surface area (Å²) in [5.74, 6) is 0. The average Bonchev–Trinajstić information content (AvgIpc) is 2.44. The van der Waals surface area contributed by atoms with Crippen LogP contribution in [0.2, 0.25) is 0 Å². The van der Waals surface area contributed by atoms with E-state index < -0.39 is 11.7 Å². The molecule has 0 saturated heterocycles. The molecule has 0 spiro atoms. The van der Waals surface area contributed by atoms with Crippen LogP contribution in [0.15, 0.2) is 28.9 Å². The molecule has 0 aliphatic heterocycles. The maximum Gasteiger partial charge on any atom is 0.417 e. The maximum atomic E-state index is 12.6. The Kier molecular flexibility index (Phi) is 2.30. The second-order valence-electron chi connectivity index (χ2n) is 3.32. The highest BCUT2D eigenvalue weighted by atomic mass is 79.9. The Hall–Kier alpha value is -0.970. The lowest BCUT2D eigenvalue weighted by Gasteiger charge is -2.09. The third-order valence-corrected chi connectivity index (χ3v) is 2.94. The molecule has 1 aromatic carbocycles. The van der Waals surface area contributed by atoms with Crippen molar-refractivity contribution < 1.29 is 13.2 Å². The highest BCUT2D eigenvalue weighted by molar-refractivity contribution is 9.10. The van der Waals surface area contributed by atoms with Crippen LogP contribution >= 0.6 is 15.9 Å². The number of hydrogen-bond donors (Lipinski definition) is 0. The minimum absolute atomic E-state index is 0.0775. The molecule has 0 N–H and O–H groups in total. The Bertz CT molecular complexity index is 513. The van der Waals surface area contributed by atoms with Crippen molar-refractivity contribution in [3.05, 3.63) is 34.4 Å². The second-order valence-corrected chi connectivity index (χ2v) is 4.17. The van der Waals surface area contributed by atoms with Crippen molar-refractivity contribution in [3.63, 3.8) is 0 Å². The van der Waals surface area contributed by atoms with Crippen LogP contribution in [0.3, 0.4) is 0 Å². The summed E-state index contributed by atoms with van der Waals surface area (Å²) < 4.78 is 39.5. The molecule has 80 valence electrons. The summed E-state index contributed by atoms with van der Waals surface area (Å²) in [6, 6.07) is 4.41. The van der Waals surface area contributed by atoms with Crippen molar-refractivity contribution in [1.82, 2.24) is 4.57 Å². The van der Waals surface area contributed by atoms with E-state index in [1.807, 2.05) is 0 Å². The fourth-order valence-electron chi connectivity index (χ4n) is 1.51. The van der Waals surface area contributed by atoms with Gasteiger partial charge in [0.15, 0.2) is 0 Å². The summed E-state index contributed by atoms with van der Waals surface area (Å²) in [5.41, 5.74) is -0.0673. The average molecular weight is 278 g/mol. The molecule has 0 atom stereocenters. The van der Waals surface area contributed by atoms with Crippen molar-refractivity contribution >= 4 is 26.8 Å². The molecular formula is C10H7BrF3N. The Morgan fingerprint density at radius 1 is 1.27 bits per heavy atom. The lowest BCUT2D eigenvalue weighted by molar-refractivity contribution is -0.138. The van der Waals surface area contributed by atoms with Crippen LogP contribution in [-0.2, 0) is 13.2 Å². The van der Waals surface area contributed by atoms with Gasteiger partial charge in [0.25, 0.3) is 0 Å². The number of rotatable bonds is 0. The molecule has 2 aromatic rings. The zero-order chi connectivity index (χ0) is 11.2. The van der Waals surface area contributed by atoms with Crippen LogP contribution < -0.4 is 0 Å². The van der Waals surface area contributed by atoms with Gasteiger partial charge in [0.2, 0.25) is 0 Å². The fourth-order valence-corrected chi connectivity index (χ4v) is 2.09. The summed E-state index contributed by atoms with van der Waals surface area (Å²) in [4.78, 5) is 0. The molecule has 0 aliphatic carbocycles. The van der Waals surface area contributed by atoms with E-state index in [1.165, 1.54) is 6.07 Å². The van der Waals surface area contributed by atoms with Crippen LogP contribution in [0.4, 0.5) is 13.2 Å². The largest absolute Gasteiger partial charge is 0.417 e. The molecular weight excluding hydrogens is 271 g/mol. The summed E-state index contributed by atoms with van der Waals surface area (Å²) in [6.07, 6.45) is -2.59. The molecule has 0 fully saturated rings. The van der Waals surface area contributed by atoms with Crippen LogP contribution in [0.25, 0.3) is 10.9 Å². The summed E-state index contributed by atoms with van der Waals surface area (Å²) in [7, 11) is 1.72. The third kappa shape index (κ3) is 1.76. The van der Waals surface area contributed by atoms with Gasteiger partial charge in [0, 0.05) is 28.6 Å². The van der Waals surface area contributed by atoms with Gasteiger partial charge < -0.3 is 4.57 Å². The van der Waals surface area contributed by atoms with Crippen molar-refractivity contribution in [3.8, 4) is 0 Å². The van der Waals surface area contributed by atoms with E-state index in [0.717, 1.165) is 11.5 Å². The Labute approximate surface area is 92.6 Å². The lowest BCUT2D eigenvalue weighted by atomic mass is 10.1. The minimum atomic E-state index is -4.32. The molecule has 1 aromatic heterocycles. The van der Waals surface area contributed by atoms with Crippen LogP contribution in [0.1, 0.15) is 5.56 Å².